The van der Waals surface area contributed by atoms with Gasteiger partial charge in [-0.2, -0.15) is 0 Å². The first-order chi connectivity index (χ1) is 7.61. The van der Waals surface area contributed by atoms with Crippen molar-refractivity contribution in [3.8, 4) is 0 Å². The number of aromatic carboxylic acids is 1. The van der Waals surface area contributed by atoms with Gasteiger partial charge in [0, 0.05) is 12.2 Å². The molecule has 0 saturated carbocycles. The highest BCUT2D eigenvalue weighted by molar-refractivity contribution is 9.10. The van der Waals surface area contributed by atoms with E-state index in [1.54, 1.807) is 4.57 Å². The summed E-state index contributed by atoms with van der Waals surface area (Å²) in [5.74, 6) is -0.966. The van der Waals surface area contributed by atoms with Crippen LogP contribution < -0.4 is 5.56 Å². The van der Waals surface area contributed by atoms with Crippen LogP contribution in [0.1, 0.15) is 35.3 Å². The molecule has 1 aliphatic rings. The Morgan fingerprint density at radius 2 is 2.12 bits per heavy atom. The zero-order chi connectivity index (χ0) is 11.7. The molecule has 0 aliphatic carbocycles. The topological polar surface area (TPSA) is 59.3 Å². The molecule has 2 heterocycles. The monoisotopic (exact) mass is 285 g/mol. The fraction of sp³-hybridized carbons (Fsp3) is 0.455. The van der Waals surface area contributed by atoms with Gasteiger partial charge in [-0.1, -0.05) is 6.42 Å². The second-order valence-electron chi connectivity index (χ2n) is 3.93. The van der Waals surface area contributed by atoms with E-state index in [0.29, 0.717) is 23.1 Å². The summed E-state index contributed by atoms with van der Waals surface area (Å²) >= 11 is 3.12. The third-order valence-corrected chi connectivity index (χ3v) is 3.45. The number of pyridine rings is 1. The lowest BCUT2D eigenvalue weighted by Crippen LogP contribution is -2.26. The van der Waals surface area contributed by atoms with Gasteiger partial charge in [0.2, 0.25) is 0 Å². The molecule has 0 radical (unpaired) electrons. The average Bonchev–Trinajstić information content (AvgIpc) is 2.48. The van der Waals surface area contributed by atoms with Gasteiger partial charge in [0.25, 0.3) is 5.56 Å². The number of rotatable bonds is 1. The first kappa shape index (κ1) is 11.4. The smallest absolute Gasteiger partial charge is 0.337 e. The van der Waals surface area contributed by atoms with Crippen LogP contribution in [-0.2, 0) is 13.0 Å². The maximum absolute atomic E-state index is 11.9. The lowest BCUT2D eigenvalue weighted by molar-refractivity contribution is 0.0694. The Bertz CT molecular complexity index is 493. The van der Waals surface area contributed by atoms with E-state index in [-0.39, 0.29) is 11.1 Å². The van der Waals surface area contributed by atoms with Crippen molar-refractivity contribution in [2.75, 3.05) is 0 Å². The van der Waals surface area contributed by atoms with Gasteiger partial charge in [-0.05, 0) is 41.3 Å². The Balaban J connectivity index is 2.69. The summed E-state index contributed by atoms with van der Waals surface area (Å²) in [6.07, 6.45) is 3.59. The van der Waals surface area contributed by atoms with Gasteiger partial charge in [0.15, 0.2) is 0 Å². The van der Waals surface area contributed by atoms with Crippen LogP contribution >= 0.6 is 15.9 Å². The Morgan fingerprint density at radius 1 is 1.38 bits per heavy atom. The van der Waals surface area contributed by atoms with Crippen molar-refractivity contribution >= 4 is 21.9 Å². The molecule has 0 fully saturated rings. The third-order valence-electron chi connectivity index (χ3n) is 2.88. The highest BCUT2D eigenvalue weighted by Crippen LogP contribution is 2.19. The maximum atomic E-state index is 11.9. The number of nitrogens with zero attached hydrogens (tertiary/aromatic N) is 1. The standard InChI is InChI=1S/C11H12BrNO3/c12-8-6-7(11(15)16)9-4-2-1-3-5-13(9)10(8)14/h6H,1-5H2,(H,15,16). The van der Waals surface area contributed by atoms with E-state index < -0.39 is 5.97 Å². The fourth-order valence-electron chi connectivity index (χ4n) is 2.10. The lowest BCUT2D eigenvalue weighted by atomic mass is 10.1. The van der Waals surface area contributed by atoms with Crippen molar-refractivity contribution in [2.45, 2.75) is 32.2 Å². The highest BCUT2D eigenvalue weighted by atomic mass is 79.9. The molecular weight excluding hydrogens is 274 g/mol. The van der Waals surface area contributed by atoms with E-state index in [4.69, 9.17) is 5.11 Å². The summed E-state index contributed by atoms with van der Waals surface area (Å²) in [5.41, 5.74) is 0.786. The maximum Gasteiger partial charge on any atom is 0.337 e. The second-order valence-corrected chi connectivity index (χ2v) is 4.78. The highest BCUT2D eigenvalue weighted by Gasteiger charge is 2.19. The molecule has 1 N–H and O–H groups in total. The molecule has 0 amide bonds. The van der Waals surface area contributed by atoms with Gasteiger partial charge in [0.1, 0.15) is 0 Å². The minimum absolute atomic E-state index is 0.123. The Hall–Kier alpha value is -1.10. The zero-order valence-electron chi connectivity index (χ0n) is 8.70. The van der Waals surface area contributed by atoms with Gasteiger partial charge in [-0.25, -0.2) is 4.79 Å². The van der Waals surface area contributed by atoms with E-state index >= 15 is 0 Å². The molecule has 0 saturated heterocycles. The molecule has 2 rings (SSSR count). The van der Waals surface area contributed by atoms with Crippen molar-refractivity contribution < 1.29 is 9.90 Å². The van der Waals surface area contributed by atoms with E-state index in [1.807, 2.05) is 0 Å². The average molecular weight is 286 g/mol. The predicted molar refractivity (Wildman–Crippen MR) is 62.9 cm³/mol. The normalized spacial score (nSPS) is 15.3. The summed E-state index contributed by atoms with van der Waals surface area (Å²) in [5, 5.41) is 9.11. The van der Waals surface area contributed by atoms with Gasteiger partial charge >= 0.3 is 5.97 Å². The molecule has 0 atom stereocenters. The van der Waals surface area contributed by atoms with Crippen LogP contribution in [0, 0.1) is 0 Å². The van der Waals surface area contributed by atoms with Gasteiger partial charge in [0.05, 0.1) is 10.0 Å². The summed E-state index contributed by atoms with van der Waals surface area (Å²) in [4.78, 5) is 23.0. The molecule has 16 heavy (non-hydrogen) atoms. The summed E-state index contributed by atoms with van der Waals surface area (Å²) in [6.45, 7) is 0.619. The fourth-order valence-corrected chi connectivity index (χ4v) is 2.54. The quantitative estimate of drug-likeness (QED) is 0.859. The van der Waals surface area contributed by atoms with Crippen molar-refractivity contribution in [2.24, 2.45) is 0 Å². The number of halogens is 1. The van der Waals surface area contributed by atoms with E-state index in [2.05, 4.69) is 15.9 Å². The number of aromatic nitrogens is 1. The third kappa shape index (κ3) is 1.91. The Morgan fingerprint density at radius 3 is 2.81 bits per heavy atom. The zero-order valence-corrected chi connectivity index (χ0v) is 10.3. The largest absolute Gasteiger partial charge is 0.478 e. The lowest BCUT2D eigenvalue weighted by Gasteiger charge is -2.12. The predicted octanol–water partition coefficient (Wildman–Crippen LogP) is 2.04. The minimum Gasteiger partial charge on any atom is -0.478 e. The molecule has 86 valence electrons. The summed E-state index contributed by atoms with van der Waals surface area (Å²) < 4.78 is 1.93. The van der Waals surface area contributed by atoms with Crippen LogP contribution in [0.15, 0.2) is 15.3 Å². The van der Waals surface area contributed by atoms with E-state index in [0.717, 1.165) is 19.3 Å². The Labute approximate surface area is 101 Å². The van der Waals surface area contributed by atoms with Crippen molar-refractivity contribution in [3.05, 3.63) is 32.2 Å². The molecule has 1 aliphatic heterocycles. The molecule has 0 unspecified atom stereocenters. The molecule has 0 aromatic carbocycles. The van der Waals surface area contributed by atoms with Crippen LogP contribution in [0.4, 0.5) is 0 Å². The molecule has 1 aromatic rings. The number of carboxylic acid groups (broad SMARTS) is 1. The van der Waals surface area contributed by atoms with Crippen LogP contribution in [-0.4, -0.2) is 15.6 Å². The summed E-state index contributed by atoms with van der Waals surface area (Å²) in [7, 11) is 0. The van der Waals surface area contributed by atoms with Crippen molar-refractivity contribution in [1.29, 1.82) is 0 Å². The number of carbonyl (C=O) groups is 1. The number of fused-ring (bicyclic) bond motifs is 1. The molecule has 1 aromatic heterocycles. The van der Waals surface area contributed by atoms with Gasteiger partial charge < -0.3 is 9.67 Å². The van der Waals surface area contributed by atoms with E-state index in [1.165, 1.54) is 6.07 Å². The van der Waals surface area contributed by atoms with Crippen LogP contribution in [0.3, 0.4) is 0 Å². The first-order valence-corrected chi connectivity index (χ1v) is 6.06. The number of carboxylic acids is 1. The van der Waals surface area contributed by atoms with Crippen LogP contribution in [0.25, 0.3) is 0 Å². The number of hydrogen-bond donors (Lipinski definition) is 1. The van der Waals surface area contributed by atoms with Crippen LogP contribution in [0.5, 0.6) is 0 Å². The van der Waals surface area contributed by atoms with Crippen LogP contribution in [0.2, 0.25) is 0 Å². The first-order valence-electron chi connectivity index (χ1n) is 5.27. The number of hydrogen-bond acceptors (Lipinski definition) is 2. The van der Waals surface area contributed by atoms with Crippen molar-refractivity contribution in [1.82, 2.24) is 4.57 Å². The molecule has 4 nitrogen and oxygen atoms in total. The second kappa shape index (κ2) is 4.41. The SMILES string of the molecule is O=C(O)c1cc(Br)c(=O)n2c1CCCCC2. The van der Waals surface area contributed by atoms with E-state index in [9.17, 15) is 9.59 Å². The molecule has 0 spiro atoms. The summed E-state index contributed by atoms with van der Waals surface area (Å²) in [6, 6.07) is 1.42. The molecule has 5 heteroatoms. The van der Waals surface area contributed by atoms with Gasteiger partial charge in [-0.15, -0.1) is 0 Å². The minimum atomic E-state index is -0.966. The van der Waals surface area contributed by atoms with Gasteiger partial charge in [-0.3, -0.25) is 4.79 Å². The molecular formula is C11H12BrNO3. The van der Waals surface area contributed by atoms with Crippen molar-refractivity contribution in [3.63, 3.8) is 0 Å². The Kier molecular flexibility index (Phi) is 3.14. The molecule has 0 bridgehead atoms.